The van der Waals surface area contributed by atoms with Crippen molar-refractivity contribution in [3.05, 3.63) is 15.6 Å². The number of aryl methyl sites for hydroxylation is 2. The molecule has 2 N–H and O–H groups in total. The van der Waals surface area contributed by atoms with Crippen LogP contribution in [0.3, 0.4) is 0 Å². The Labute approximate surface area is 82.0 Å². The summed E-state index contributed by atoms with van der Waals surface area (Å²) in [5.74, 6) is 0.175. The molecule has 0 bridgehead atoms. The van der Waals surface area contributed by atoms with Gasteiger partial charge in [-0.2, -0.15) is 0 Å². The molecule has 3 nitrogen and oxygen atoms in total. The highest BCUT2D eigenvalue weighted by Gasteiger charge is 2.12. The zero-order valence-corrected chi connectivity index (χ0v) is 8.78. The summed E-state index contributed by atoms with van der Waals surface area (Å²) in [6.07, 6.45) is 1.30. The van der Waals surface area contributed by atoms with E-state index >= 15 is 0 Å². The smallest absolute Gasteiger partial charge is 0.174 e. The van der Waals surface area contributed by atoms with Crippen LogP contribution in [-0.2, 0) is 0 Å². The lowest BCUT2D eigenvalue weighted by Gasteiger charge is -1.95. The van der Waals surface area contributed by atoms with Gasteiger partial charge in [0.1, 0.15) is 0 Å². The fourth-order valence-corrected chi connectivity index (χ4v) is 2.05. The number of hydrogen-bond acceptors (Lipinski definition) is 4. The van der Waals surface area contributed by atoms with Gasteiger partial charge in [0, 0.05) is 6.42 Å². The maximum Gasteiger partial charge on any atom is 0.174 e. The van der Waals surface area contributed by atoms with Crippen molar-refractivity contribution in [3.63, 3.8) is 0 Å². The van der Waals surface area contributed by atoms with Gasteiger partial charge in [-0.1, -0.05) is 0 Å². The average molecular weight is 198 g/mol. The SMILES string of the molecule is Cc1nc(C)c(C(=O)CCCN)s1. The maximum absolute atomic E-state index is 11.6. The second-order valence-corrected chi connectivity index (χ2v) is 4.17. The van der Waals surface area contributed by atoms with Gasteiger partial charge >= 0.3 is 0 Å². The maximum atomic E-state index is 11.6. The highest BCUT2D eigenvalue weighted by atomic mass is 32.1. The summed E-state index contributed by atoms with van der Waals surface area (Å²) in [5.41, 5.74) is 6.19. The Balaban J connectivity index is 2.70. The predicted molar refractivity (Wildman–Crippen MR) is 54.2 cm³/mol. The van der Waals surface area contributed by atoms with Crippen LogP contribution < -0.4 is 5.73 Å². The number of rotatable bonds is 4. The van der Waals surface area contributed by atoms with Crippen molar-refractivity contribution in [2.45, 2.75) is 26.7 Å². The zero-order chi connectivity index (χ0) is 9.84. The van der Waals surface area contributed by atoms with Crippen LogP contribution in [-0.4, -0.2) is 17.3 Å². The summed E-state index contributed by atoms with van der Waals surface area (Å²) in [7, 11) is 0. The first kappa shape index (κ1) is 10.3. The molecule has 0 saturated heterocycles. The van der Waals surface area contributed by atoms with E-state index in [2.05, 4.69) is 4.98 Å². The van der Waals surface area contributed by atoms with Crippen molar-refractivity contribution >= 4 is 17.1 Å². The van der Waals surface area contributed by atoms with E-state index in [9.17, 15) is 4.79 Å². The summed E-state index contributed by atoms with van der Waals surface area (Å²) < 4.78 is 0. The van der Waals surface area contributed by atoms with E-state index in [1.165, 1.54) is 11.3 Å². The van der Waals surface area contributed by atoms with Crippen LogP contribution >= 0.6 is 11.3 Å². The Morgan fingerprint density at radius 2 is 2.23 bits per heavy atom. The normalized spacial score (nSPS) is 10.4. The van der Waals surface area contributed by atoms with Crippen LogP contribution in [0, 0.1) is 13.8 Å². The number of aromatic nitrogens is 1. The largest absolute Gasteiger partial charge is 0.330 e. The molecule has 0 aliphatic heterocycles. The Kier molecular flexibility index (Phi) is 3.57. The molecule has 0 aliphatic carbocycles. The minimum absolute atomic E-state index is 0.175. The molecule has 4 heteroatoms. The molecule has 1 rings (SSSR count). The summed E-state index contributed by atoms with van der Waals surface area (Å²) >= 11 is 1.47. The molecule has 1 heterocycles. The van der Waals surface area contributed by atoms with Crippen molar-refractivity contribution in [1.29, 1.82) is 0 Å². The molecule has 0 spiro atoms. The minimum Gasteiger partial charge on any atom is -0.330 e. The molecule has 13 heavy (non-hydrogen) atoms. The topological polar surface area (TPSA) is 56.0 Å². The Morgan fingerprint density at radius 1 is 1.54 bits per heavy atom. The zero-order valence-electron chi connectivity index (χ0n) is 7.96. The van der Waals surface area contributed by atoms with Crippen molar-refractivity contribution in [1.82, 2.24) is 4.98 Å². The van der Waals surface area contributed by atoms with E-state index in [1.807, 2.05) is 13.8 Å². The number of Topliss-reactive ketones (excluding diaryl/α,β-unsaturated/α-hetero) is 1. The van der Waals surface area contributed by atoms with Gasteiger partial charge in [0.15, 0.2) is 5.78 Å². The molecule has 0 atom stereocenters. The minimum atomic E-state index is 0.175. The molecule has 0 aliphatic rings. The highest BCUT2D eigenvalue weighted by Crippen LogP contribution is 2.19. The molecular weight excluding hydrogens is 184 g/mol. The van der Waals surface area contributed by atoms with Gasteiger partial charge in [0.05, 0.1) is 15.6 Å². The van der Waals surface area contributed by atoms with Crippen molar-refractivity contribution in [2.75, 3.05) is 6.54 Å². The predicted octanol–water partition coefficient (Wildman–Crippen LogP) is 1.68. The molecular formula is C9H14N2OS. The number of carbonyl (C=O) groups is 1. The van der Waals surface area contributed by atoms with E-state index in [4.69, 9.17) is 5.73 Å². The molecule has 0 aromatic carbocycles. The molecule has 0 fully saturated rings. The van der Waals surface area contributed by atoms with Gasteiger partial charge in [-0.25, -0.2) is 4.98 Å². The fraction of sp³-hybridized carbons (Fsp3) is 0.556. The number of carbonyl (C=O) groups excluding carboxylic acids is 1. The van der Waals surface area contributed by atoms with Crippen LogP contribution in [0.2, 0.25) is 0 Å². The van der Waals surface area contributed by atoms with E-state index in [1.54, 1.807) is 0 Å². The molecule has 0 unspecified atom stereocenters. The fourth-order valence-electron chi connectivity index (χ4n) is 1.17. The van der Waals surface area contributed by atoms with E-state index in [0.29, 0.717) is 13.0 Å². The van der Waals surface area contributed by atoms with Gasteiger partial charge in [-0.3, -0.25) is 4.79 Å². The molecule has 0 radical (unpaired) electrons. The third-order valence-electron chi connectivity index (χ3n) is 1.76. The van der Waals surface area contributed by atoms with Gasteiger partial charge < -0.3 is 5.73 Å². The molecule has 0 amide bonds. The summed E-state index contributed by atoms with van der Waals surface area (Å²) in [6.45, 7) is 4.36. The van der Waals surface area contributed by atoms with E-state index in [-0.39, 0.29) is 5.78 Å². The third kappa shape index (κ3) is 2.60. The Hall–Kier alpha value is -0.740. The Bertz CT molecular complexity index is 307. The second kappa shape index (κ2) is 4.48. The number of nitrogens with two attached hydrogens (primary N) is 1. The summed E-state index contributed by atoms with van der Waals surface area (Å²) in [6, 6.07) is 0. The van der Waals surface area contributed by atoms with Crippen LogP contribution in [0.5, 0.6) is 0 Å². The summed E-state index contributed by atoms with van der Waals surface area (Å²) in [4.78, 5) is 16.6. The number of nitrogens with zero attached hydrogens (tertiary/aromatic N) is 1. The van der Waals surface area contributed by atoms with E-state index < -0.39 is 0 Å². The van der Waals surface area contributed by atoms with Crippen LogP contribution in [0.15, 0.2) is 0 Å². The van der Waals surface area contributed by atoms with Gasteiger partial charge in [0.25, 0.3) is 0 Å². The highest BCUT2D eigenvalue weighted by molar-refractivity contribution is 7.13. The first-order valence-corrected chi connectivity index (χ1v) is 5.14. The monoisotopic (exact) mass is 198 g/mol. The Morgan fingerprint density at radius 3 is 2.69 bits per heavy atom. The van der Waals surface area contributed by atoms with Crippen molar-refractivity contribution < 1.29 is 4.79 Å². The third-order valence-corrected chi connectivity index (χ3v) is 2.88. The number of thiazole rings is 1. The van der Waals surface area contributed by atoms with Crippen LogP contribution in [0.25, 0.3) is 0 Å². The first-order valence-electron chi connectivity index (χ1n) is 4.32. The quantitative estimate of drug-likeness (QED) is 0.749. The molecule has 0 saturated carbocycles. The van der Waals surface area contributed by atoms with Crippen molar-refractivity contribution in [2.24, 2.45) is 5.73 Å². The number of ketones is 1. The second-order valence-electron chi connectivity index (χ2n) is 2.96. The molecule has 72 valence electrons. The van der Waals surface area contributed by atoms with E-state index in [0.717, 1.165) is 22.0 Å². The van der Waals surface area contributed by atoms with Crippen molar-refractivity contribution in [3.8, 4) is 0 Å². The number of hydrogen-bond donors (Lipinski definition) is 1. The lowest BCUT2D eigenvalue weighted by atomic mass is 10.2. The lowest BCUT2D eigenvalue weighted by molar-refractivity contribution is 0.0984. The molecule has 1 aromatic heterocycles. The van der Waals surface area contributed by atoms with Crippen LogP contribution in [0.1, 0.15) is 33.2 Å². The average Bonchev–Trinajstić information content (AvgIpc) is 2.41. The van der Waals surface area contributed by atoms with Crippen LogP contribution in [0.4, 0.5) is 0 Å². The van der Waals surface area contributed by atoms with Gasteiger partial charge in [-0.05, 0) is 26.8 Å². The summed E-state index contributed by atoms with van der Waals surface area (Å²) in [5, 5.41) is 0.952. The van der Waals surface area contributed by atoms with Gasteiger partial charge in [0.2, 0.25) is 0 Å². The van der Waals surface area contributed by atoms with Gasteiger partial charge in [-0.15, -0.1) is 11.3 Å². The lowest BCUT2D eigenvalue weighted by Crippen LogP contribution is -2.04. The first-order chi connectivity index (χ1) is 6.15. The standard InChI is InChI=1S/C9H14N2OS/c1-6-9(13-7(2)11-6)8(12)4-3-5-10/h3-5,10H2,1-2H3. The molecule has 1 aromatic rings.